The average molecular weight is 391 g/mol. The lowest BCUT2D eigenvalue weighted by molar-refractivity contribution is -0.127. The van der Waals surface area contributed by atoms with Crippen LogP contribution in [0.4, 0.5) is 0 Å². The Hall–Kier alpha value is -2.68. The fourth-order valence-corrected chi connectivity index (χ4v) is 3.23. The van der Waals surface area contributed by atoms with Crippen molar-refractivity contribution in [3.05, 3.63) is 30.4 Å². The molecule has 27 heavy (non-hydrogen) atoms. The third kappa shape index (κ3) is 4.94. The van der Waals surface area contributed by atoms with Crippen molar-refractivity contribution in [2.24, 2.45) is 0 Å². The Kier molecular flexibility index (Phi) is 7.12. The molecule has 146 valence electrons. The number of amides is 1. The number of benzene rings is 1. The quantitative estimate of drug-likeness (QED) is 0.398. The van der Waals surface area contributed by atoms with E-state index in [4.69, 9.17) is 15.3 Å². The van der Waals surface area contributed by atoms with Crippen LogP contribution >= 0.6 is 11.8 Å². The van der Waals surface area contributed by atoms with Gasteiger partial charge in [0.2, 0.25) is 11.1 Å². The molecule has 0 aliphatic heterocycles. The zero-order valence-electron chi connectivity index (χ0n) is 16.1. The number of hydrogen-bond acceptors (Lipinski definition) is 7. The van der Waals surface area contributed by atoms with Gasteiger partial charge in [-0.05, 0) is 32.0 Å². The Bertz CT molecular complexity index is 821. The van der Waals surface area contributed by atoms with Crippen LogP contribution in [0.3, 0.4) is 0 Å². The minimum Gasteiger partial charge on any atom is -0.493 e. The van der Waals surface area contributed by atoms with Gasteiger partial charge in [0.1, 0.15) is 0 Å². The molecular formula is C18H25N5O3S. The lowest BCUT2D eigenvalue weighted by Crippen LogP contribution is -2.33. The molecule has 0 spiro atoms. The summed E-state index contributed by atoms with van der Waals surface area (Å²) in [6, 6.07) is 5.37. The van der Waals surface area contributed by atoms with Gasteiger partial charge in [-0.15, -0.1) is 10.2 Å². The standard InChI is InChI=1S/C18H25N5O3S/c1-6-22(10-12(2)3)16(24)11-27-18-21-20-17(23(18)19)13-7-8-14(25-4)15(9-13)26-5/h7-9H,2,6,10-11,19H2,1,3-5H3. The van der Waals surface area contributed by atoms with Crippen molar-refractivity contribution in [2.45, 2.75) is 19.0 Å². The van der Waals surface area contributed by atoms with Crippen LogP contribution in [0.1, 0.15) is 13.8 Å². The summed E-state index contributed by atoms with van der Waals surface area (Å²) in [5, 5.41) is 8.70. The summed E-state index contributed by atoms with van der Waals surface area (Å²) >= 11 is 1.25. The van der Waals surface area contributed by atoms with E-state index in [9.17, 15) is 4.79 Å². The molecule has 0 aliphatic carbocycles. The van der Waals surface area contributed by atoms with Crippen LogP contribution in [0, 0.1) is 0 Å². The Morgan fingerprint density at radius 2 is 2.00 bits per heavy atom. The third-order valence-corrected chi connectivity index (χ3v) is 4.75. The number of hydrogen-bond donors (Lipinski definition) is 1. The van der Waals surface area contributed by atoms with E-state index in [1.807, 2.05) is 19.9 Å². The molecule has 0 radical (unpaired) electrons. The highest BCUT2D eigenvalue weighted by Gasteiger charge is 2.17. The highest BCUT2D eigenvalue weighted by Crippen LogP contribution is 2.32. The Morgan fingerprint density at radius 3 is 2.59 bits per heavy atom. The van der Waals surface area contributed by atoms with E-state index in [-0.39, 0.29) is 11.7 Å². The summed E-state index contributed by atoms with van der Waals surface area (Å²) < 4.78 is 11.9. The Labute approximate surface area is 163 Å². The molecule has 0 saturated heterocycles. The predicted octanol–water partition coefficient (Wildman–Crippen LogP) is 2.19. The number of nitrogens with two attached hydrogens (primary N) is 1. The number of nitrogens with zero attached hydrogens (tertiary/aromatic N) is 4. The topological polar surface area (TPSA) is 95.5 Å². The molecule has 0 atom stereocenters. The predicted molar refractivity (Wildman–Crippen MR) is 107 cm³/mol. The van der Waals surface area contributed by atoms with Crippen LogP contribution in [0.25, 0.3) is 11.4 Å². The molecule has 1 heterocycles. The summed E-state index contributed by atoms with van der Waals surface area (Å²) in [7, 11) is 3.13. The monoisotopic (exact) mass is 391 g/mol. The molecule has 8 nitrogen and oxygen atoms in total. The molecule has 0 saturated carbocycles. The van der Waals surface area contributed by atoms with Gasteiger partial charge >= 0.3 is 0 Å². The van der Waals surface area contributed by atoms with E-state index in [0.717, 1.165) is 11.1 Å². The van der Waals surface area contributed by atoms with E-state index in [1.54, 1.807) is 31.3 Å². The second-order valence-electron chi connectivity index (χ2n) is 5.90. The van der Waals surface area contributed by atoms with Crippen LogP contribution in [0.5, 0.6) is 11.5 Å². The average Bonchev–Trinajstić information content (AvgIpc) is 3.03. The van der Waals surface area contributed by atoms with Crippen molar-refractivity contribution in [3.63, 3.8) is 0 Å². The molecule has 2 aromatic rings. The SMILES string of the molecule is C=C(C)CN(CC)C(=O)CSc1nnc(-c2ccc(OC)c(OC)c2)n1N. The van der Waals surface area contributed by atoms with Gasteiger partial charge in [-0.3, -0.25) is 4.79 Å². The maximum absolute atomic E-state index is 12.4. The first-order chi connectivity index (χ1) is 12.9. The Morgan fingerprint density at radius 1 is 1.30 bits per heavy atom. The first-order valence-electron chi connectivity index (χ1n) is 8.39. The molecule has 9 heteroatoms. The number of likely N-dealkylation sites (N-methyl/N-ethyl adjacent to an activating group) is 1. The minimum atomic E-state index is 0.00108. The lowest BCUT2D eigenvalue weighted by Gasteiger charge is -2.20. The second-order valence-corrected chi connectivity index (χ2v) is 6.84. The van der Waals surface area contributed by atoms with E-state index < -0.39 is 0 Å². The molecular weight excluding hydrogens is 366 g/mol. The van der Waals surface area contributed by atoms with Gasteiger partial charge in [0.25, 0.3) is 0 Å². The van der Waals surface area contributed by atoms with Crippen molar-refractivity contribution in [2.75, 3.05) is 38.9 Å². The van der Waals surface area contributed by atoms with Gasteiger partial charge in [-0.2, -0.15) is 0 Å². The molecule has 2 N–H and O–H groups in total. The molecule has 1 aromatic heterocycles. The first kappa shape index (κ1) is 20.6. The molecule has 0 bridgehead atoms. The van der Waals surface area contributed by atoms with E-state index >= 15 is 0 Å². The number of carbonyl (C=O) groups is 1. The highest BCUT2D eigenvalue weighted by atomic mass is 32.2. The lowest BCUT2D eigenvalue weighted by atomic mass is 10.2. The number of rotatable bonds is 9. The van der Waals surface area contributed by atoms with Gasteiger partial charge in [0.05, 0.1) is 20.0 Å². The van der Waals surface area contributed by atoms with Crippen LogP contribution in [-0.2, 0) is 4.79 Å². The van der Waals surface area contributed by atoms with Crippen LogP contribution in [0.2, 0.25) is 0 Å². The molecule has 2 rings (SSSR count). The van der Waals surface area contributed by atoms with Gasteiger partial charge in [0, 0.05) is 18.7 Å². The second kappa shape index (κ2) is 9.31. The Balaban J connectivity index is 2.13. The molecule has 1 aromatic carbocycles. The minimum absolute atomic E-state index is 0.00108. The molecule has 0 unspecified atom stereocenters. The van der Waals surface area contributed by atoms with Crippen LogP contribution in [-0.4, -0.2) is 58.7 Å². The van der Waals surface area contributed by atoms with E-state index in [2.05, 4.69) is 16.8 Å². The summed E-state index contributed by atoms with van der Waals surface area (Å²) in [6.07, 6.45) is 0. The summed E-state index contributed by atoms with van der Waals surface area (Å²) in [4.78, 5) is 14.1. The number of nitrogen functional groups attached to an aromatic ring is 1. The number of carbonyl (C=O) groups excluding carboxylic acids is 1. The molecule has 0 fully saturated rings. The van der Waals surface area contributed by atoms with Crippen molar-refractivity contribution in [1.82, 2.24) is 19.8 Å². The molecule has 1 amide bonds. The van der Waals surface area contributed by atoms with Gasteiger partial charge in [-0.1, -0.05) is 23.9 Å². The normalized spacial score (nSPS) is 10.5. The van der Waals surface area contributed by atoms with Crippen LogP contribution in [0.15, 0.2) is 35.5 Å². The first-order valence-corrected chi connectivity index (χ1v) is 9.37. The third-order valence-electron chi connectivity index (χ3n) is 3.83. The number of methoxy groups -OCH3 is 2. The van der Waals surface area contributed by atoms with Gasteiger partial charge in [0.15, 0.2) is 17.3 Å². The number of aromatic nitrogens is 3. The zero-order chi connectivity index (χ0) is 20.0. The summed E-state index contributed by atoms with van der Waals surface area (Å²) in [5.41, 5.74) is 1.67. The maximum Gasteiger partial charge on any atom is 0.233 e. The largest absolute Gasteiger partial charge is 0.493 e. The summed E-state index contributed by atoms with van der Waals surface area (Å²) in [5.74, 6) is 8.01. The van der Waals surface area contributed by atoms with Crippen molar-refractivity contribution >= 4 is 17.7 Å². The van der Waals surface area contributed by atoms with E-state index in [0.29, 0.717) is 35.6 Å². The highest BCUT2D eigenvalue weighted by molar-refractivity contribution is 7.99. The van der Waals surface area contributed by atoms with Crippen molar-refractivity contribution in [3.8, 4) is 22.9 Å². The fraction of sp³-hybridized carbons (Fsp3) is 0.389. The smallest absolute Gasteiger partial charge is 0.233 e. The number of thioether (sulfide) groups is 1. The molecule has 0 aliphatic rings. The zero-order valence-corrected chi connectivity index (χ0v) is 16.9. The maximum atomic E-state index is 12.4. The van der Waals surface area contributed by atoms with E-state index in [1.165, 1.54) is 16.4 Å². The van der Waals surface area contributed by atoms with Gasteiger partial charge in [-0.25, -0.2) is 4.68 Å². The van der Waals surface area contributed by atoms with Gasteiger partial charge < -0.3 is 20.2 Å². The number of ether oxygens (including phenoxy) is 2. The summed E-state index contributed by atoms with van der Waals surface area (Å²) in [6.45, 7) is 8.86. The fourth-order valence-electron chi connectivity index (χ4n) is 2.47. The van der Waals surface area contributed by atoms with Crippen molar-refractivity contribution < 1.29 is 14.3 Å². The van der Waals surface area contributed by atoms with Crippen LogP contribution < -0.4 is 15.3 Å². The van der Waals surface area contributed by atoms with Crippen molar-refractivity contribution in [1.29, 1.82) is 0 Å².